The summed E-state index contributed by atoms with van der Waals surface area (Å²) >= 11 is 0. The van der Waals surface area contributed by atoms with E-state index < -0.39 is 0 Å². The van der Waals surface area contributed by atoms with Crippen molar-refractivity contribution in [1.82, 2.24) is 10.6 Å². The van der Waals surface area contributed by atoms with E-state index in [2.05, 4.69) is 21.9 Å². The van der Waals surface area contributed by atoms with Crippen LogP contribution in [0.1, 0.15) is 22.3 Å². The first-order valence-electron chi connectivity index (χ1n) is 8.51. The van der Waals surface area contributed by atoms with E-state index in [0.29, 0.717) is 11.3 Å². The van der Waals surface area contributed by atoms with Crippen molar-refractivity contribution in [1.29, 1.82) is 0 Å². The molecule has 0 aliphatic carbocycles. The lowest BCUT2D eigenvalue weighted by molar-refractivity contribution is -0.120. The Labute approximate surface area is 158 Å². The molecule has 0 radical (unpaired) electrons. The molecule has 0 aliphatic rings. The van der Waals surface area contributed by atoms with E-state index in [-0.39, 0.29) is 43.7 Å². The van der Waals surface area contributed by atoms with Crippen molar-refractivity contribution in [3.8, 4) is 12.3 Å². The first kappa shape index (κ1) is 19.7. The minimum Gasteiger partial charge on any atom is -0.355 e. The van der Waals surface area contributed by atoms with Gasteiger partial charge < -0.3 is 16.0 Å². The Kier molecular flexibility index (Phi) is 7.61. The molecule has 0 spiro atoms. The van der Waals surface area contributed by atoms with Crippen molar-refractivity contribution in [3.05, 3.63) is 65.7 Å². The summed E-state index contributed by atoms with van der Waals surface area (Å²) in [5.74, 6) is 1.51. The SMILES string of the molecule is C#CCNC(=O)c1ccccc1NC(=O)CCNC(=O)Cc1ccccc1. The standard InChI is InChI=1S/C21H21N3O3/c1-2-13-23-21(27)17-10-6-7-11-18(17)24-19(25)12-14-22-20(26)15-16-8-4-3-5-9-16/h1,3-11H,12-15H2,(H,22,26)(H,23,27)(H,24,25). The summed E-state index contributed by atoms with van der Waals surface area (Å²) in [6.45, 7) is 0.317. The molecule has 3 amide bonds. The van der Waals surface area contributed by atoms with Gasteiger partial charge in [-0.25, -0.2) is 0 Å². The van der Waals surface area contributed by atoms with Crippen molar-refractivity contribution in [2.24, 2.45) is 0 Å². The highest BCUT2D eigenvalue weighted by Crippen LogP contribution is 2.15. The number of para-hydroxylation sites is 1. The second-order valence-electron chi connectivity index (χ2n) is 5.74. The molecule has 0 bridgehead atoms. The fraction of sp³-hybridized carbons (Fsp3) is 0.190. The van der Waals surface area contributed by atoms with Crippen LogP contribution in [0.4, 0.5) is 5.69 Å². The van der Waals surface area contributed by atoms with Crippen LogP contribution in [0.3, 0.4) is 0 Å². The summed E-state index contributed by atoms with van der Waals surface area (Å²) < 4.78 is 0. The Hall–Kier alpha value is -3.59. The molecule has 0 heterocycles. The minimum absolute atomic E-state index is 0.0981. The first-order chi connectivity index (χ1) is 13.1. The van der Waals surface area contributed by atoms with Crippen molar-refractivity contribution in [3.63, 3.8) is 0 Å². The lowest BCUT2D eigenvalue weighted by atomic mass is 10.1. The van der Waals surface area contributed by atoms with Crippen LogP contribution in [0.15, 0.2) is 54.6 Å². The highest BCUT2D eigenvalue weighted by molar-refractivity contribution is 6.03. The number of terminal acetylenes is 1. The molecule has 2 rings (SSSR count). The smallest absolute Gasteiger partial charge is 0.254 e. The normalized spacial score (nSPS) is 9.74. The van der Waals surface area contributed by atoms with Gasteiger partial charge in [0.05, 0.1) is 24.2 Å². The largest absolute Gasteiger partial charge is 0.355 e. The second-order valence-corrected chi connectivity index (χ2v) is 5.74. The first-order valence-corrected chi connectivity index (χ1v) is 8.51. The predicted molar refractivity (Wildman–Crippen MR) is 104 cm³/mol. The maximum atomic E-state index is 12.1. The summed E-state index contributed by atoms with van der Waals surface area (Å²) in [6, 6.07) is 16.0. The molecule has 0 aromatic heterocycles. The summed E-state index contributed by atoms with van der Waals surface area (Å²) in [5.41, 5.74) is 1.63. The van der Waals surface area contributed by atoms with E-state index in [1.807, 2.05) is 30.3 Å². The third-order valence-electron chi connectivity index (χ3n) is 3.68. The Morgan fingerprint density at radius 1 is 0.889 bits per heavy atom. The molecule has 138 valence electrons. The summed E-state index contributed by atoms with van der Waals surface area (Å²) in [7, 11) is 0. The lowest BCUT2D eigenvalue weighted by Gasteiger charge is -2.11. The zero-order valence-corrected chi connectivity index (χ0v) is 14.8. The highest BCUT2D eigenvalue weighted by atomic mass is 16.2. The molecule has 0 unspecified atom stereocenters. The molecule has 27 heavy (non-hydrogen) atoms. The molecule has 2 aromatic carbocycles. The van der Waals surface area contributed by atoms with Crippen molar-refractivity contribution >= 4 is 23.4 Å². The molecular formula is C21H21N3O3. The molecule has 6 heteroatoms. The zero-order valence-electron chi connectivity index (χ0n) is 14.8. The van der Waals surface area contributed by atoms with Crippen LogP contribution in [-0.2, 0) is 16.0 Å². The van der Waals surface area contributed by atoms with E-state index in [1.54, 1.807) is 24.3 Å². The average Bonchev–Trinajstić information content (AvgIpc) is 2.67. The van der Waals surface area contributed by atoms with E-state index in [0.717, 1.165) is 5.56 Å². The quantitative estimate of drug-likeness (QED) is 0.624. The van der Waals surface area contributed by atoms with Gasteiger partial charge in [-0.1, -0.05) is 48.4 Å². The molecule has 0 atom stereocenters. The van der Waals surface area contributed by atoms with Gasteiger partial charge in [0.1, 0.15) is 0 Å². The number of amides is 3. The van der Waals surface area contributed by atoms with Gasteiger partial charge in [0.15, 0.2) is 0 Å². The van der Waals surface area contributed by atoms with E-state index >= 15 is 0 Å². The van der Waals surface area contributed by atoms with Crippen LogP contribution in [-0.4, -0.2) is 30.8 Å². The molecule has 0 saturated carbocycles. The van der Waals surface area contributed by atoms with Gasteiger partial charge in [0, 0.05) is 13.0 Å². The monoisotopic (exact) mass is 363 g/mol. The Balaban J connectivity index is 1.81. The number of nitrogens with one attached hydrogen (secondary N) is 3. The molecule has 0 aliphatic heterocycles. The maximum Gasteiger partial charge on any atom is 0.254 e. The van der Waals surface area contributed by atoms with Gasteiger partial charge in [-0.2, -0.15) is 0 Å². The number of benzene rings is 2. The average molecular weight is 363 g/mol. The second kappa shape index (κ2) is 10.4. The van der Waals surface area contributed by atoms with E-state index in [4.69, 9.17) is 6.42 Å². The number of carbonyl (C=O) groups is 3. The topological polar surface area (TPSA) is 87.3 Å². The fourth-order valence-corrected chi connectivity index (χ4v) is 2.39. The predicted octanol–water partition coefficient (Wildman–Crippen LogP) is 1.74. The molecule has 0 saturated heterocycles. The van der Waals surface area contributed by atoms with Gasteiger partial charge in [-0.15, -0.1) is 6.42 Å². The van der Waals surface area contributed by atoms with Gasteiger partial charge in [0.25, 0.3) is 5.91 Å². The van der Waals surface area contributed by atoms with Crippen LogP contribution in [0.5, 0.6) is 0 Å². The third-order valence-corrected chi connectivity index (χ3v) is 3.68. The van der Waals surface area contributed by atoms with Crippen LogP contribution in [0.25, 0.3) is 0 Å². The van der Waals surface area contributed by atoms with Gasteiger partial charge in [0.2, 0.25) is 11.8 Å². The van der Waals surface area contributed by atoms with Crippen LogP contribution >= 0.6 is 0 Å². The molecule has 3 N–H and O–H groups in total. The molecule has 6 nitrogen and oxygen atoms in total. The number of anilines is 1. The highest BCUT2D eigenvalue weighted by Gasteiger charge is 2.12. The Morgan fingerprint density at radius 2 is 1.59 bits per heavy atom. The molecular weight excluding hydrogens is 342 g/mol. The number of hydrogen-bond acceptors (Lipinski definition) is 3. The Bertz CT molecular complexity index is 841. The van der Waals surface area contributed by atoms with Crippen molar-refractivity contribution < 1.29 is 14.4 Å². The summed E-state index contributed by atoms with van der Waals surface area (Å²) in [5, 5.41) is 7.96. The van der Waals surface area contributed by atoms with Gasteiger partial charge >= 0.3 is 0 Å². The van der Waals surface area contributed by atoms with Crippen LogP contribution in [0.2, 0.25) is 0 Å². The van der Waals surface area contributed by atoms with Crippen molar-refractivity contribution in [2.75, 3.05) is 18.4 Å². The van der Waals surface area contributed by atoms with Gasteiger partial charge in [-0.05, 0) is 17.7 Å². The zero-order chi connectivity index (χ0) is 19.5. The molecule has 2 aromatic rings. The minimum atomic E-state index is -0.361. The van der Waals surface area contributed by atoms with E-state index in [1.165, 1.54) is 0 Å². The van der Waals surface area contributed by atoms with Crippen LogP contribution < -0.4 is 16.0 Å². The number of hydrogen-bond donors (Lipinski definition) is 3. The number of carbonyl (C=O) groups excluding carboxylic acids is 3. The summed E-state index contributed by atoms with van der Waals surface area (Å²) in [6.07, 6.45) is 5.50. The lowest BCUT2D eigenvalue weighted by Crippen LogP contribution is -2.29. The van der Waals surface area contributed by atoms with Crippen LogP contribution in [0, 0.1) is 12.3 Å². The number of rotatable bonds is 8. The van der Waals surface area contributed by atoms with Gasteiger partial charge in [-0.3, -0.25) is 14.4 Å². The van der Waals surface area contributed by atoms with E-state index in [9.17, 15) is 14.4 Å². The third kappa shape index (κ3) is 6.67. The van der Waals surface area contributed by atoms with Crippen molar-refractivity contribution in [2.45, 2.75) is 12.8 Å². The fourth-order valence-electron chi connectivity index (χ4n) is 2.39. The summed E-state index contributed by atoms with van der Waals surface area (Å²) in [4.78, 5) is 36.1. The Morgan fingerprint density at radius 3 is 2.33 bits per heavy atom. The maximum absolute atomic E-state index is 12.1. The molecule has 0 fully saturated rings.